The molecule has 0 spiro atoms. The van der Waals surface area contributed by atoms with E-state index in [0.29, 0.717) is 12.2 Å². The van der Waals surface area contributed by atoms with E-state index in [0.717, 1.165) is 25.9 Å². The molecule has 0 amide bonds. The van der Waals surface area contributed by atoms with E-state index in [2.05, 4.69) is 25.3 Å². The Morgan fingerprint density at radius 3 is 2.95 bits per heavy atom. The van der Waals surface area contributed by atoms with Crippen LogP contribution in [-0.2, 0) is 12.1 Å². The van der Waals surface area contributed by atoms with Crippen molar-refractivity contribution < 1.29 is 5.11 Å². The fourth-order valence-corrected chi connectivity index (χ4v) is 2.64. The normalized spacial score (nSPS) is 24.5. The number of nitrogens with zero attached hydrogens (tertiary/aromatic N) is 4. The number of piperidine rings is 1. The number of β-amino-alcohol motifs (C(OH)–C–C–N with tert-alkyl or cyclic N) is 1. The number of aliphatic hydroxyl groups is 1. The molecule has 2 N–H and O–H groups in total. The fourth-order valence-electron chi connectivity index (χ4n) is 2.64. The van der Waals surface area contributed by atoms with Crippen molar-refractivity contribution in [1.82, 2.24) is 25.3 Å². The van der Waals surface area contributed by atoms with Crippen LogP contribution in [0.4, 0.5) is 0 Å². The van der Waals surface area contributed by atoms with Gasteiger partial charge in [-0.2, -0.15) is 15.4 Å². The first-order chi connectivity index (χ1) is 9.26. The van der Waals surface area contributed by atoms with Gasteiger partial charge in [0.2, 0.25) is 0 Å². The number of H-pyrrole nitrogens is 1. The predicted molar refractivity (Wildman–Crippen MR) is 69.0 cm³/mol. The summed E-state index contributed by atoms with van der Waals surface area (Å²) in [5.41, 5.74) is 0.949. The third kappa shape index (κ3) is 2.64. The Bertz CT molecular complexity index is 515. The van der Waals surface area contributed by atoms with Crippen LogP contribution >= 0.6 is 0 Å². The zero-order chi connectivity index (χ0) is 13.1. The van der Waals surface area contributed by atoms with Crippen LogP contribution in [0, 0.1) is 0 Å². The minimum Gasteiger partial charge on any atom is -0.382 e. The lowest BCUT2D eigenvalue weighted by molar-refractivity contribution is -0.0414. The molecule has 0 radical (unpaired) electrons. The first-order valence-electron chi connectivity index (χ1n) is 6.46. The van der Waals surface area contributed by atoms with Gasteiger partial charge in [0.1, 0.15) is 11.3 Å². The topological polar surface area (TPSA) is 77.9 Å². The fraction of sp³-hybridized carbons (Fsp3) is 0.462. The van der Waals surface area contributed by atoms with Gasteiger partial charge < -0.3 is 5.11 Å². The number of aromatic amines is 1. The SMILES string of the molecule is OC1(c2cn[nH]n2)CCCN(Cc2ccncc2)C1. The van der Waals surface area contributed by atoms with Gasteiger partial charge in [-0.25, -0.2) is 0 Å². The van der Waals surface area contributed by atoms with Crippen LogP contribution in [0.2, 0.25) is 0 Å². The van der Waals surface area contributed by atoms with Gasteiger partial charge in [-0.05, 0) is 37.1 Å². The van der Waals surface area contributed by atoms with Crippen molar-refractivity contribution in [3.8, 4) is 0 Å². The van der Waals surface area contributed by atoms with Gasteiger partial charge in [-0.15, -0.1) is 0 Å². The molecule has 0 aliphatic carbocycles. The summed E-state index contributed by atoms with van der Waals surface area (Å²) in [7, 11) is 0. The minimum absolute atomic E-state index is 0.585. The van der Waals surface area contributed by atoms with Gasteiger partial charge >= 0.3 is 0 Å². The zero-order valence-corrected chi connectivity index (χ0v) is 10.7. The Labute approximate surface area is 111 Å². The molecule has 2 aromatic heterocycles. The van der Waals surface area contributed by atoms with Gasteiger partial charge in [-0.1, -0.05) is 0 Å². The van der Waals surface area contributed by atoms with Crippen LogP contribution in [-0.4, -0.2) is 43.5 Å². The van der Waals surface area contributed by atoms with E-state index in [1.165, 1.54) is 5.56 Å². The first kappa shape index (κ1) is 12.3. The van der Waals surface area contributed by atoms with Crippen LogP contribution in [0.25, 0.3) is 0 Å². The second-order valence-corrected chi connectivity index (χ2v) is 5.06. The van der Waals surface area contributed by atoms with Crippen LogP contribution in [0.1, 0.15) is 24.1 Å². The Morgan fingerprint density at radius 1 is 1.37 bits per heavy atom. The molecule has 1 aliphatic rings. The van der Waals surface area contributed by atoms with Crippen molar-refractivity contribution in [2.45, 2.75) is 25.0 Å². The highest BCUT2D eigenvalue weighted by atomic mass is 16.3. The lowest BCUT2D eigenvalue weighted by Gasteiger charge is -2.37. The number of likely N-dealkylation sites (tertiary alicyclic amines) is 1. The molecule has 1 aliphatic heterocycles. The molecule has 3 rings (SSSR count). The van der Waals surface area contributed by atoms with Crippen LogP contribution < -0.4 is 0 Å². The maximum atomic E-state index is 10.7. The molecule has 6 nitrogen and oxygen atoms in total. The number of aromatic nitrogens is 4. The molecular weight excluding hydrogens is 242 g/mol. The highest BCUT2D eigenvalue weighted by Gasteiger charge is 2.36. The lowest BCUT2D eigenvalue weighted by Crippen LogP contribution is -2.45. The standard InChI is InChI=1S/C13H17N5O/c19-13(12-8-15-17-16-12)4-1-7-18(10-13)9-11-2-5-14-6-3-11/h2-3,5-6,8,19H,1,4,7,9-10H2,(H,15,16,17). The second-order valence-electron chi connectivity index (χ2n) is 5.06. The van der Waals surface area contributed by atoms with Crippen molar-refractivity contribution in [1.29, 1.82) is 0 Å². The smallest absolute Gasteiger partial charge is 0.123 e. The summed E-state index contributed by atoms with van der Waals surface area (Å²) in [5.74, 6) is 0. The molecule has 1 saturated heterocycles. The van der Waals surface area contributed by atoms with Gasteiger partial charge in [0.15, 0.2) is 0 Å². The van der Waals surface area contributed by atoms with E-state index in [1.807, 2.05) is 12.1 Å². The summed E-state index contributed by atoms with van der Waals surface area (Å²) in [6, 6.07) is 4.01. The molecular formula is C13H17N5O. The van der Waals surface area contributed by atoms with E-state index in [9.17, 15) is 5.11 Å². The molecule has 100 valence electrons. The number of pyridine rings is 1. The summed E-state index contributed by atoms with van der Waals surface area (Å²) in [6.07, 6.45) is 6.88. The average Bonchev–Trinajstić information content (AvgIpc) is 2.95. The van der Waals surface area contributed by atoms with Crippen LogP contribution in [0.15, 0.2) is 30.7 Å². The van der Waals surface area contributed by atoms with Crippen molar-refractivity contribution in [3.63, 3.8) is 0 Å². The Morgan fingerprint density at radius 2 is 2.21 bits per heavy atom. The summed E-state index contributed by atoms with van der Waals surface area (Å²) < 4.78 is 0. The highest BCUT2D eigenvalue weighted by Crippen LogP contribution is 2.30. The third-order valence-electron chi connectivity index (χ3n) is 3.60. The summed E-state index contributed by atoms with van der Waals surface area (Å²) in [4.78, 5) is 6.26. The van der Waals surface area contributed by atoms with E-state index in [1.54, 1.807) is 18.6 Å². The highest BCUT2D eigenvalue weighted by molar-refractivity contribution is 5.12. The third-order valence-corrected chi connectivity index (χ3v) is 3.60. The molecule has 1 unspecified atom stereocenters. The van der Waals surface area contributed by atoms with Crippen LogP contribution in [0.3, 0.4) is 0 Å². The van der Waals surface area contributed by atoms with Gasteiger partial charge in [0.25, 0.3) is 0 Å². The second kappa shape index (κ2) is 5.07. The maximum absolute atomic E-state index is 10.7. The molecule has 6 heteroatoms. The van der Waals surface area contributed by atoms with Crippen molar-refractivity contribution in [2.24, 2.45) is 0 Å². The molecule has 0 aromatic carbocycles. The number of nitrogens with one attached hydrogen (secondary N) is 1. The average molecular weight is 259 g/mol. The van der Waals surface area contributed by atoms with Crippen molar-refractivity contribution in [3.05, 3.63) is 42.0 Å². The number of hydrogen-bond acceptors (Lipinski definition) is 5. The van der Waals surface area contributed by atoms with Gasteiger partial charge in [-0.3, -0.25) is 9.88 Å². The predicted octanol–water partition coefficient (Wildman–Crippen LogP) is 0.683. The first-order valence-corrected chi connectivity index (χ1v) is 6.46. The molecule has 1 atom stereocenters. The van der Waals surface area contributed by atoms with E-state index in [-0.39, 0.29) is 0 Å². The van der Waals surface area contributed by atoms with Crippen molar-refractivity contribution >= 4 is 0 Å². The Balaban J connectivity index is 1.72. The maximum Gasteiger partial charge on any atom is 0.123 e. The van der Waals surface area contributed by atoms with Crippen LogP contribution in [0.5, 0.6) is 0 Å². The molecule has 0 bridgehead atoms. The lowest BCUT2D eigenvalue weighted by atomic mass is 9.90. The quantitative estimate of drug-likeness (QED) is 0.847. The van der Waals surface area contributed by atoms with Crippen molar-refractivity contribution in [2.75, 3.05) is 13.1 Å². The van der Waals surface area contributed by atoms with E-state index < -0.39 is 5.60 Å². The largest absolute Gasteiger partial charge is 0.382 e. The molecule has 3 heterocycles. The number of hydrogen-bond donors (Lipinski definition) is 2. The van der Waals surface area contributed by atoms with E-state index >= 15 is 0 Å². The summed E-state index contributed by atoms with van der Waals surface area (Å²) in [5, 5.41) is 21.1. The molecule has 0 saturated carbocycles. The van der Waals surface area contributed by atoms with Gasteiger partial charge in [0.05, 0.1) is 6.20 Å². The monoisotopic (exact) mass is 259 g/mol. The summed E-state index contributed by atoms with van der Waals surface area (Å²) in [6.45, 7) is 2.40. The minimum atomic E-state index is -0.891. The Hall–Kier alpha value is -1.79. The van der Waals surface area contributed by atoms with Gasteiger partial charge in [0, 0.05) is 25.5 Å². The molecule has 1 fully saturated rings. The van der Waals surface area contributed by atoms with E-state index in [4.69, 9.17) is 0 Å². The summed E-state index contributed by atoms with van der Waals surface area (Å²) >= 11 is 0. The zero-order valence-electron chi connectivity index (χ0n) is 10.7. The Kier molecular flexibility index (Phi) is 3.27. The number of rotatable bonds is 3. The molecule has 19 heavy (non-hydrogen) atoms. The molecule has 2 aromatic rings.